The summed E-state index contributed by atoms with van der Waals surface area (Å²) in [4.78, 5) is 39.5. The van der Waals surface area contributed by atoms with Gasteiger partial charge < -0.3 is 5.32 Å². The lowest BCUT2D eigenvalue weighted by Crippen LogP contribution is -2.38. The number of hydrogen-bond acceptors (Lipinski definition) is 4. The Kier molecular flexibility index (Phi) is 5.62. The van der Waals surface area contributed by atoms with Crippen LogP contribution in [0, 0.1) is 0 Å². The molecule has 5 heteroatoms. The Hall–Kier alpha value is -3.99. The minimum absolute atomic E-state index is 0.0410. The third-order valence-electron chi connectivity index (χ3n) is 6.59. The molecule has 2 aliphatic rings. The van der Waals surface area contributed by atoms with Crippen molar-refractivity contribution in [2.45, 2.75) is 39.3 Å². The van der Waals surface area contributed by atoms with E-state index in [1.54, 1.807) is 30.5 Å². The average molecular weight is 451 g/mol. The SMILES string of the molecule is CCCCn1c(=O)c2c/c(=C/N[C@@H](C)c3ccc4ccccc4c3)c(=O)c3cccc(c3-2)c1=O. The summed E-state index contributed by atoms with van der Waals surface area (Å²) in [7, 11) is 0. The van der Waals surface area contributed by atoms with E-state index in [0.29, 0.717) is 33.7 Å². The van der Waals surface area contributed by atoms with Crippen LogP contribution in [0.25, 0.3) is 38.9 Å². The Morgan fingerprint density at radius 1 is 0.882 bits per heavy atom. The number of unbranched alkanes of at least 4 members (excludes halogenated alkanes) is 1. The van der Waals surface area contributed by atoms with Crippen LogP contribution in [0.15, 0.2) is 81.1 Å². The fraction of sp³-hybridized carbons (Fsp3) is 0.207. The van der Waals surface area contributed by atoms with Crippen LogP contribution in [0.3, 0.4) is 0 Å². The first-order valence-corrected chi connectivity index (χ1v) is 11.7. The molecule has 1 heterocycles. The first-order valence-electron chi connectivity index (χ1n) is 11.7. The van der Waals surface area contributed by atoms with Crippen molar-refractivity contribution in [1.82, 2.24) is 9.88 Å². The quantitative estimate of drug-likeness (QED) is 0.424. The van der Waals surface area contributed by atoms with Gasteiger partial charge in [-0.05, 0) is 47.9 Å². The number of aromatic nitrogens is 1. The van der Waals surface area contributed by atoms with Crippen LogP contribution in [-0.2, 0) is 6.54 Å². The van der Waals surface area contributed by atoms with Gasteiger partial charge in [0.2, 0.25) is 0 Å². The zero-order valence-corrected chi connectivity index (χ0v) is 19.3. The molecule has 1 N–H and O–H groups in total. The number of benzene rings is 4. The van der Waals surface area contributed by atoms with Crippen LogP contribution in [-0.4, -0.2) is 4.57 Å². The molecule has 170 valence electrons. The number of nitrogens with one attached hydrogen (secondary N) is 1. The van der Waals surface area contributed by atoms with E-state index in [-0.39, 0.29) is 22.6 Å². The van der Waals surface area contributed by atoms with Crippen molar-refractivity contribution in [3.05, 3.63) is 108 Å². The molecule has 1 aliphatic heterocycles. The third kappa shape index (κ3) is 3.63. The Morgan fingerprint density at radius 2 is 1.65 bits per heavy atom. The number of fused-ring (bicyclic) bond motifs is 1. The molecule has 1 aliphatic carbocycles. The van der Waals surface area contributed by atoms with E-state index in [1.165, 1.54) is 9.95 Å². The fourth-order valence-electron chi connectivity index (χ4n) is 4.63. The highest BCUT2D eigenvalue weighted by Gasteiger charge is 2.21. The van der Waals surface area contributed by atoms with Crippen LogP contribution < -0.4 is 27.1 Å². The van der Waals surface area contributed by atoms with Gasteiger partial charge in [0.05, 0.1) is 0 Å². The summed E-state index contributed by atoms with van der Waals surface area (Å²) in [5.41, 5.74) is 1.12. The summed E-state index contributed by atoms with van der Waals surface area (Å²) < 4.78 is 1.31. The summed E-state index contributed by atoms with van der Waals surface area (Å²) in [5.74, 6) is 0. The Morgan fingerprint density at radius 3 is 2.44 bits per heavy atom. The van der Waals surface area contributed by atoms with Gasteiger partial charge in [-0.25, -0.2) is 0 Å². The number of nitrogens with zero attached hydrogens (tertiary/aromatic N) is 1. The van der Waals surface area contributed by atoms with Gasteiger partial charge in [-0.15, -0.1) is 0 Å². The molecule has 1 atom stereocenters. The summed E-state index contributed by atoms with van der Waals surface area (Å²) in [5, 5.41) is 6.88. The molecular formula is C29H26N2O3. The lowest BCUT2D eigenvalue weighted by Gasteiger charge is -2.15. The van der Waals surface area contributed by atoms with Crippen molar-refractivity contribution < 1.29 is 0 Å². The van der Waals surface area contributed by atoms with E-state index < -0.39 is 0 Å². The second kappa shape index (κ2) is 8.75. The van der Waals surface area contributed by atoms with Gasteiger partial charge in [-0.1, -0.05) is 61.9 Å². The standard InChI is InChI=1S/C29H26N2O3/c1-3-4-14-31-28(33)24-11-7-10-23-26(24)25(29(31)34)16-22(27(23)32)17-30-18(2)20-13-12-19-8-5-6-9-21(19)15-20/h5-13,15-18,30H,3-4,14H2,1-2H3/b22-17-/t18-/m0/s1. The van der Waals surface area contributed by atoms with E-state index in [4.69, 9.17) is 0 Å². The molecule has 0 radical (unpaired) electrons. The van der Waals surface area contributed by atoms with Crippen molar-refractivity contribution in [3.8, 4) is 11.1 Å². The third-order valence-corrected chi connectivity index (χ3v) is 6.59. The molecule has 0 fully saturated rings. The van der Waals surface area contributed by atoms with Gasteiger partial charge >= 0.3 is 0 Å². The maximum absolute atomic E-state index is 13.3. The van der Waals surface area contributed by atoms with Crippen molar-refractivity contribution >= 4 is 27.7 Å². The van der Waals surface area contributed by atoms with E-state index in [2.05, 4.69) is 35.6 Å². The van der Waals surface area contributed by atoms with Crippen molar-refractivity contribution in [1.29, 1.82) is 0 Å². The zero-order chi connectivity index (χ0) is 23.8. The molecular weight excluding hydrogens is 424 g/mol. The lowest BCUT2D eigenvalue weighted by molar-refractivity contribution is 0.601. The molecule has 0 aromatic heterocycles. The maximum atomic E-state index is 13.3. The van der Waals surface area contributed by atoms with Crippen molar-refractivity contribution in [3.63, 3.8) is 0 Å². The predicted molar refractivity (Wildman–Crippen MR) is 139 cm³/mol. The minimum Gasteiger partial charge on any atom is -0.384 e. The molecule has 0 saturated carbocycles. The number of hydrogen-bond donors (Lipinski definition) is 1. The largest absolute Gasteiger partial charge is 0.384 e. The highest BCUT2D eigenvalue weighted by Crippen LogP contribution is 2.24. The summed E-state index contributed by atoms with van der Waals surface area (Å²) in [6.07, 6.45) is 3.31. The smallest absolute Gasteiger partial charge is 0.261 e. The second-order valence-electron chi connectivity index (χ2n) is 8.83. The predicted octanol–water partition coefficient (Wildman–Crippen LogP) is 4.03. The van der Waals surface area contributed by atoms with Crippen LogP contribution in [0.4, 0.5) is 0 Å². The Balaban J connectivity index is 1.62. The minimum atomic E-state index is -0.334. The molecule has 3 aromatic carbocycles. The van der Waals surface area contributed by atoms with E-state index in [1.807, 2.05) is 26.0 Å². The van der Waals surface area contributed by atoms with Crippen LogP contribution in [0.5, 0.6) is 0 Å². The molecule has 3 aromatic rings. The zero-order valence-electron chi connectivity index (χ0n) is 19.3. The van der Waals surface area contributed by atoms with Gasteiger partial charge in [0.25, 0.3) is 11.1 Å². The molecule has 0 amide bonds. The number of pyridine rings is 1. The van der Waals surface area contributed by atoms with E-state index in [9.17, 15) is 14.4 Å². The van der Waals surface area contributed by atoms with E-state index >= 15 is 0 Å². The Bertz CT molecular complexity index is 1700. The first-order chi connectivity index (χ1) is 16.5. The van der Waals surface area contributed by atoms with Crippen molar-refractivity contribution in [2.24, 2.45) is 0 Å². The first kappa shape index (κ1) is 21.8. The Labute approximate surface area is 196 Å². The summed E-state index contributed by atoms with van der Waals surface area (Å²) >= 11 is 0. The topological polar surface area (TPSA) is 68.2 Å². The van der Waals surface area contributed by atoms with Crippen LogP contribution in [0.2, 0.25) is 0 Å². The fourth-order valence-corrected chi connectivity index (χ4v) is 4.63. The van der Waals surface area contributed by atoms with Crippen molar-refractivity contribution in [2.75, 3.05) is 0 Å². The molecule has 0 bridgehead atoms. The van der Waals surface area contributed by atoms with Gasteiger partial charge in [0.15, 0.2) is 5.43 Å². The monoisotopic (exact) mass is 450 g/mol. The highest BCUT2D eigenvalue weighted by molar-refractivity contribution is 5.96. The van der Waals surface area contributed by atoms with Gasteiger partial charge in [-0.2, -0.15) is 0 Å². The second-order valence-corrected chi connectivity index (χ2v) is 8.83. The average Bonchev–Trinajstić information content (AvgIpc) is 2.86. The molecule has 0 spiro atoms. The lowest BCUT2D eigenvalue weighted by atomic mass is 9.94. The molecule has 0 unspecified atom stereocenters. The molecule has 5 nitrogen and oxygen atoms in total. The van der Waals surface area contributed by atoms with Gasteiger partial charge in [0.1, 0.15) is 0 Å². The summed E-state index contributed by atoms with van der Waals surface area (Å²) in [6, 6.07) is 21.2. The van der Waals surface area contributed by atoms with Crippen LogP contribution in [0.1, 0.15) is 38.3 Å². The molecule has 34 heavy (non-hydrogen) atoms. The highest BCUT2D eigenvalue weighted by atomic mass is 16.2. The summed E-state index contributed by atoms with van der Waals surface area (Å²) in [6.45, 7) is 4.43. The molecule has 0 saturated heterocycles. The normalized spacial score (nSPS) is 13.2. The van der Waals surface area contributed by atoms with Crippen LogP contribution >= 0.6 is 0 Å². The van der Waals surface area contributed by atoms with Gasteiger partial charge in [0, 0.05) is 45.9 Å². The van der Waals surface area contributed by atoms with Gasteiger partial charge in [-0.3, -0.25) is 19.0 Å². The molecule has 5 rings (SSSR count). The van der Waals surface area contributed by atoms with E-state index in [0.717, 1.165) is 23.8 Å². The number of rotatable bonds is 6. The maximum Gasteiger partial charge on any atom is 0.261 e.